The minimum Gasteiger partial charge on any atom is -0.309 e. The second-order valence-corrected chi connectivity index (χ2v) is 4.51. The molecule has 5 heteroatoms. The van der Waals surface area contributed by atoms with Crippen LogP contribution < -0.4 is 10.9 Å². The van der Waals surface area contributed by atoms with E-state index in [4.69, 9.17) is 0 Å². The Morgan fingerprint density at radius 3 is 2.89 bits per heavy atom. The molecular weight excluding hydrogens is 228 g/mol. The Morgan fingerprint density at radius 1 is 1.33 bits per heavy atom. The van der Waals surface area contributed by atoms with Crippen LogP contribution in [0.15, 0.2) is 29.1 Å². The third kappa shape index (κ3) is 3.15. The van der Waals surface area contributed by atoms with E-state index < -0.39 is 0 Å². The van der Waals surface area contributed by atoms with E-state index in [9.17, 15) is 4.79 Å². The fraction of sp³-hybridized carbons (Fsp3) is 0.385. The fourth-order valence-corrected chi connectivity index (χ4v) is 1.73. The van der Waals surface area contributed by atoms with Gasteiger partial charge in [-0.2, -0.15) is 0 Å². The van der Waals surface area contributed by atoms with Gasteiger partial charge < -0.3 is 15.2 Å². The van der Waals surface area contributed by atoms with E-state index in [2.05, 4.69) is 20.2 Å². The van der Waals surface area contributed by atoms with Crippen molar-refractivity contribution in [2.24, 2.45) is 0 Å². The first-order chi connectivity index (χ1) is 8.66. The average Bonchev–Trinajstić information content (AvgIpc) is 2.35. The summed E-state index contributed by atoms with van der Waals surface area (Å²) in [6.45, 7) is 2.40. The summed E-state index contributed by atoms with van der Waals surface area (Å²) in [5, 5.41) is 3.88. The number of aromatic amines is 1. The summed E-state index contributed by atoms with van der Waals surface area (Å²) in [7, 11) is 4.05. The summed E-state index contributed by atoms with van der Waals surface area (Å²) in [6, 6.07) is 7.37. The number of aromatic nitrogens is 2. The highest BCUT2D eigenvalue weighted by Crippen LogP contribution is 2.05. The van der Waals surface area contributed by atoms with Crippen LogP contribution in [0.5, 0.6) is 0 Å². The van der Waals surface area contributed by atoms with E-state index in [-0.39, 0.29) is 5.56 Å². The highest BCUT2D eigenvalue weighted by molar-refractivity contribution is 5.77. The van der Waals surface area contributed by atoms with Crippen molar-refractivity contribution in [2.75, 3.05) is 27.2 Å². The molecule has 0 bridgehead atoms. The number of hydrogen-bond donors (Lipinski definition) is 2. The van der Waals surface area contributed by atoms with Crippen LogP contribution in [-0.2, 0) is 6.54 Å². The molecule has 5 nitrogen and oxygen atoms in total. The summed E-state index contributed by atoms with van der Waals surface area (Å²) < 4.78 is 0. The van der Waals surface area contributed by atoms with Gasteiger partial charge in [-0.15, -0.1) is 0 Å². The number of nitrogens with one attached hydrogen (secondary N) is 2. The lowest BCUT2D eigenvalue weighted by Crippen LogP contribution is -2.27. The van der Waals surface area contributed by atoms with E-state index in [1.165, 1.54) is 0 Å². The summed E-state index contributed by atoms with van der Waals surface area (Å²) in [5.74, 6) is 0.678. The average molecular weight is 246 g/mol. The molecule has 1 aromatic heterocycles. The zero-order valence-corrected chi connectivity index (χ0v) is 10.7. The normalized spacial score (nSPS) is 11.3. The number of likely N-dealkylation sites (N-methyl/N-ethyl adjacent to an activating group) is 1. The van der Waals surface area contributed by atoms with Gasteiger partial charge in [0.1, 0.15) is 5.82 Å². The van der Waals surface area contributed by atoms with Crippen LogP contribution >= 0.6 is 0 Å². The van der Waals surface area contributed by atoms with Gasteiger partial charge in [-0.1, -0.05) is 12.1 Å². The number of rotatable bonds is 5. The maximum absolute atomic E-state index is 11.8. The molecule has 0 spiro atoms. The van der Waals surface area contributed by atoms with Crippen LogP contribution in [0.3, 0.4) is 0 Å². The third-order valence-corrected chi connectivity index (χ3v) is 2.69. The SMILES string of the molecule is CN(C)CCNCc1nc2ccccc2c(=O)[nH]1. The van der Waals surface area contributed by atoms with Crippen molar-refractivity contribution in [3.05, 3.63) is 40.4 Å². The molecule has 0 aliphatic rings. The molecule has 96 valence electrons. The Kier molecular flexibility index (Phi) is 4.07. The van der Waals surface area contributed by atoms with E-state index in [1.807, 2.05) is 32.3 Å². The van der Waals surface area contributed by atoms with Crippen LogP contribution in [0.25, 0.3) is 10.9 Å². The number of para-hydroxylation sites is 1. The Balaban J connectivity index is 2.08. The standard InChI is InChI=1S/C13H18N4O/c1-17(2)8-7-14-9-12-15-11-6-4-3-5-10(11)13(18)16-12/h3-6,14H,7-9H2,1-2H3,(H,15,16,18). The Labute approximate surface area is 106 Å². The topological polar surface area (TPSA) is 61.0 Å². The van der Waals surface area contributed by atoms with Gasteiger partial charge in [0.15, 0.2) is 0 Å². The fourth-order valence-electron chi connectivity index (χ4n) is 1.73. The van der Waals surface area contributed by atoms with E-state index >= 15 is 0 Å². The molecule has 0 radical (unpaired) electrons. The molecular formula is C13H18N4O. The minimum atomic E-state index is -0.0787. The Bertz CT molecular complexity index is 576. The van der Waals surface area contributed by atoms with Crippen LogP contribution in [0.1, 0.15) is 5.82 Å². The van der Waals surface area contributed by atoms with Crippen molar-refractivity contribution >= 4 is 10.9 Å². The van der Waals surface area contributed by atoms with Gasteiger partial charge in [-0.05, 0) is 26.2 Å². The smallest absolute Gasteiger partial charge is 0.258 e. The molecule has 0 amide bonds. The first-order valence-corrected chi connectivity index (χ1v) is 6.00. The summed E-state index contributed by atoms with van der Waals surface area (Å²) in [5.41, 5.74) is 0.663. The number of H-pyrrole nitrogens is 1. The molecule has 0 fully saturated rings. The second kappa shape index (κ2) is 5.75. The highest BCUT2D eigenvalue weighted by atomic mass is 16.1. The first kappa shape index (κ1) is 12.7. The third-order valence-electron chi connectivity index (χ3n) is 2.69. The molecule has 1 heterocycles. The van der Waals surface area contributed by atoms with Gasteiger partial charge in [0.05, 0.1) is 17.4 Å². The summed E-state index contributed by atoms with van der Waals surface area (Å²) in [4.78, 5) is 21.1. The molecule has 0 aliphatic heterocycles. The highest BCUT2D eigenvalue weighted by Gasteiger charge is 2.02. The zero-order valence-electron chi connectivity index (χ0n) is 10.7. The van der Waals surface area contributed by atoms with Crippen molar-refractivity contribution < 1.29 is 0 Å². The van der Waals surface area contributed by atoms with Gasteiger partial charge in [-0.25, -0.2) is 4.98 Å². The molecule has 18 heavy (non-hydrogen) atoms. The molecule has 2 aromatic rings. The van der Waals surface area contributed by atoms with Gasteiger partial charge >= 0.3 is 0 Å². The van der Waals surface area contributed by atoms with Gasteiger partial charge in [0.2, 0.25) is 0 Å². The maximum atomic E-state index is 11.8. The lowest BCUT2D eigenvalue weighted by atomic mass is 10.2. The number of benzene rings is 1. The molecule has 0 saturated heterocycles. The minimum absolute atomic E-state index is 0.0787. The van der Waals surface area contributed by atoms with Gasteiger partial charge in [0, 0.05) is 13.1 Å². The van der Waals surface area contributed by atoms with Crippen molar-refractivity contribution in [3.8, 4) is 0 Å². The number of hydrogen-bond acceptors (Lipinski definition) is 4. The Morgan fingerprint density at radius 2 is 2.11 bits per heavy atom. The zero-order chi connectivity index (χ0) is 13.0. The summed E-state index contributed by atoms with van der Waals surface area (Å²) >= 11 is 0. The van der Waals surface area contributed by atoms with Gasteiger partial charge in [0.25, 0.3) is 5.56 Å². The largest absolute Gasteiger partial charge is 0.309 e. The molecule has 0 aliphatic carbocycles. The molecule has 0 atom stereocenters. The van der Waals surface area contributed by atoms with Crippen molar-refractivity contribution in [2.45, 2.75) is 6.54 Å². The first-order valence-electron chi connectivity index (χ1n) is 6.00. The second-order valence-electron chi connectivity index (χ2n) is 4.51. The van der Waals surface area contributed by atoms with Crippen molar-refractivity contribution in [1.82, 2.24) is 20.2 Å². The number of nitrogens with zero attached hydrogens (tertiary/aromatic N) is 2. The van der Waals surface area contributed by atoms with E-state index in [1.54, 1.807) is 6.07 Å². The quantitative estimate of drug-likeness (QED) is 0.757. The van der Waals surface area contributed by atoms with Crippen LogP contribution in [-0.4, -0.2) is 42.1 Å². The van der Waals surface area contributed by atoms with Crippen molar-refractivity contribution in [1.29, 1.82) is 0 Å². The predicted octanol–water partition coefficient (Wildman–Crippen LogP) is 0.574. The summed E-state index contributed by atoms with van der Waals surface area (Å²) in [6.07, 6.45) is 0. The monoisotopic (exact) mass is 246 g/mol. The Hall–Kier alpha value is -1.72. The van der Waals surface area contributed by atoms with E-state index in [0.29, 0.717) is 17.8 Å². The van der Waals surface area contributed by atoms with Gasteiger partial charge in [-0.3, -0.25) is 4.79 Å². The predicted molar refractivity (Wildman–Crippen MR) is 72.6 cm³/mol. The van der Waals surface area contributed by atoms with Crippen LogP contribution in [0.4, 0.5) is 0 Å². The molecule has 2 rings (SSSR count). The van der Waals surface area contributed by atoms with Crippen molar-refractivity contribution in [3.63, 3.8) is 0 Å². The van der Waals surface area contributed by atoms with Crippen LogP contribution in [0, 0.1) is 0 Å². The maximum Gasteiger partial charge on any atom is 0.258 e. The van der Waals surface area contributed by atoms with E-state index in [0.717, 1.165) is 18.6 Å². The number of fused-ring (bicyclic) bond motifs is 1. The lowest BCUT2D eigenvalue weighted by molar-refractivity contribution is 0.398. The lowest BCUT2D eigenvalue weighted by Gasteiger charge is -2.10. The molecule has 1 aromatic carbocycles. The molecule has 2 N–H and O–H groups in total. The molecule has 0 unspecified atom stereocenters. The van der Waals surface area contributed by atoms with Crippen LogP contribution in [0.2, 0.25) is 0 Å². The molecule has 0 saturated carbocycles.